The van der Waals surface area contributed by atoms with Crippen LogP contribution in [-0.4, -0.2) is 34.3 Å². The number of benzene rings is 1. The SMILES string of the molecule is CCC(C)(CNC)CN(C)c1ccc(OC)cc1. The molecule has 1 rings (SSSR count). The summed E-state index contributed by atoms with van der Waals surface area (Å²) in [6.07, 6.45) is 1.16. The van der Waals surface area contributed by atoms with Crippen LogP contribution in [-0.2, 0) is 0 Å². The predicted octanol–water partition coefficient (Wildman–Crippen LogP) is 2.77. The molecule has 0 radical (unpaired) electrons. The van der Waals surface area contributed by atoms with Crippen LogP contribution in [0.1, 0.15) is 20.3 Å². The Bertz CT molecular complexity index is 350. The zero-order valence-corrected chi connectivity index (χ0v) is 12.3. The largest absolute Gasteiger partial charge is 0.497 e. The van der Waals surface area contributed by atoms with Gasteiger partial charge in [-0.2, -0.15) is 0 Å². The average Bonchev–Trinajstić information content (AvgIpc) is 2.39. The van der Waals surface area contributed by atoms with Gasteiger partial charge >= 0.3 is 0 Å². The molecule has 1 aromatic carbocycles. The van der Waals surface area contributed by atoms with Crippen LogP contribution < -0.4 is 15.0 Å². The van der Waals surface area contributed by atoms with Crippen molar-refractivity contribution in [2.75, 3.05) is 39.2 Å². The van der Waals surface area contributed by atoms with Gasteiger partial charge in [-0.05, 0) is 43.1 Å². The van der Waals surface area contributed by atoms with Crippen molar-refractivity contribution >= 4 is 5.69 Å². The number of methoxy groups -OCH3 is 1. The lowest BCUT2D eigenvalue weighted by molar-refractivity contribution is 0.308. The van der Waals surface area contributed by atoms with Crippen molar-refractivity contribution in [1.29, 1.82) is 0 Å². The van der Waals surface area contributed by atoms with Crippen LogP contribution in [0.25, 0.3) is 0 Å². The monoisotopic (exact) mass is 250 g/mol. The Hall–Kier alpha value is -1.22. The summed E-state index contributed by atoms with van der Waals surface area (Å²) in [4.78, 5) is 2.31. The fraction of sp³-hybridized carbons (Fsp3) is 0.600. The molecule has 0 aromatic heterocycles. The Kier molecular flexibility index (Phi) is 5.48. The van der Waals surface area contributed by atoms with Crippen LogP contribution in [0.3, 0.4) is 0 Å². The Labute approximate surface area is 111 Å². The highest BCUT2D eigenvalue weighted by Crippen LogP contribution is 2.25. The lowest BCUT2D eigenvalue weighted by Gasteiger charge is -2.34. The van der Waals surface area contributed by atoms with Gasteiger partial charge in [0.05, 0.1) is 7.11 Å². The average molecular weight is 250 g/mol. The second kappa shape index (κ2) is 6.64. The van der Waals surface area contributed by atoms with Crippen LogP contribution in [0, 0.1) is 5.41 Å². The smallest absolute Gasteiger partial charge is 0.119 e. The molecule has 0 saturated carbocycles. The molecule has 0 spiro atoms. The minimum Gasteiger partial charge on any atom is -0.497 e. The summed E-state index contributed by atoms with van der Waals surface area (Å²) in [5, 5.41) is 3.29. The van der Waals surface area contributed by atoms with E-state index in [-0.39, 0.29) is 0 Å². The third kappa shape index (κ3) is 3.91. The van der Waals surface area contributed by atoms with Crippen molar-refractivity contribution in [3.05, 3.63) is 24.3 Å². The minimum absolute atomic E-state index is 0.295. The van der Waals surface area contributed by atoms with E-state index < -0.39 is 0 Å². The Morgan fingerprint density at radius 1 is 1.28 bits per heavy atom. The molecule has 0 amide bonds. The standard InChI is InChI=1S/C15H26N2O/c1-6-15(2,11-16-3)12-17(4)13-7-9-14(18-5)10-8-13/h7-10,16H,6,11-12H2,1-5H3. The predicted molar refractivity (Wildman–Crippen MR) is 78.6 cm³/mol. The summed E-state index contributed by atoms with van der Waals surface area (Å²) < 4.78 is 5.18. The second-order valence-electron chi connectivity index (χ2n) is 5.25. The van der Waals surface area contributed by atoms with Gasteiger partial charge in [-0.25, -0.2) is 0 Å². The quantitative estimate of drug-likeness (QED) is 0.805. The third-order valence-corrected chi connectivity index (χ3v) is 3.59. The lowest BCUT2D eigenvalue weighted by Crippen LogP contribution is -2.39. The maximum atomic E-state index is 5.18. The van der Waals surface area contributed by atoms with Gasteiger partial charge in [0.15, 0.2) is 0 Å². The van der Waals surface area contributed by atoms with Crippen LogP contribution in [0.5, 0.6) is 5.75 Å². The van der Waals surface area contributed by atoms with Crippen molar-refractivity contribution in [2.24, 2.45) is 5.41 Å². The van der Waals surface area contributed by atoms with Crippen LogP contribution in [0.15, 0.2) is 24.3 Å². The van der Waals surface area contributed by atoms with Crippen LogP contribution >= 0.6 is 0 Å². The maximum absolute atomic E-state index is 5.18. The first kappa shape index (κ1) is 14.8. The number of rotatable bonds is 7. The van der Waals surface area contributed by atoms with E-state index in [1.54, 1.807) is 7.11 Å². The first-order chi connectivity index (χ1) is 8.54. The van der Waals surface area contributed by atoms with Gasteiger partial charge in [-0.1, -0.05) is 13.8 Å². The number of anilines is 1. The number of hydrogen-bond donors (Lipinski definition) is 1. The molecule has 1 unspecified atom stereocenters. The van der Waals surface area contributed by atoms with E-state index >= 15 is 0 Å². The maximum Gasteiger partial charge on any atom is 0.119 e. The molecule has 0 bridgehead atoms. The normalized spacial score (nSPS) is 14.1. The molecule has 0 aliphatic rings. The van der Waals surface area contributed by atoms with Crippen molar-refractivity contribution < 1.29 is 4.74 Å². The third-order valence-electron chi connectivity index (χ3n) is 3.59. The summed E-state index contributed by atoms with van der Waals surface area (Å²) in [6, 6.07) is 8.23. The van der Waals surface area contributed by atoms with Crippen LogP contribution in [0.4, 0.5) is 5.69 Å². The van der Waals surface area contributed by atoms with Gasteiger partial charge in [0.25, 0.3) is 0 Å². The van der Waals surface area contributed by atoms with Gasteiger partial charge in [-0.15, -0.1) is 0 Å². The van der Waals surface area contributed by atoms with E-state index in [4.69, 9.17) is 4.74 Å². The molecule has 0 aliphatic carbocycles. The molecule has 0 saturated heterocycles. The topological polar surface area (TPSA) is 24.5 Å². The zero-order chi connectivity index (χ0) is 13.6. The molecule has 1 N–H and O–H groups in total. The molecule has 0 aliphatic heterocycles. The fourth-order valence-corrected chi connectivity index (χ4v) is 2.22. The van der Waals surface area contributed by atoms with E-state index in [9.17, 15) is 0 Å². The van der Waals surface area contributed by atoms with Crippen molar-refractivity contribution in [1.82, 2.24) is 5.32 Å². The van der Waals surface area contributed by atoms with Gasteiger partial charge in [-0.3, -0.25) is 0 Å². The first-order valence-electron chi connectivity index (χ1n) is 6.54. The van der Waals surface area contributed by atoms with E-state index in [0.29, 0.717) is 5.41 Å². The van der Waals surface area contributed by atoms with Gasteiger partial charge in [0.2, 0.25) is 0 Å². The Balaban J connectivity index is 2.70. The molecule has 1 atom stereocenters. The molecule has 0 fully saturated rings. The van der Waals surface area contributed by atoms with Crippen molar-refractivity contribution in [3.63, 3.8) is 0 Å². The van der Waals surface area contributed by atoms with Crippen LogP contribution in [0.2, 0.25) is 0 Å². The second-order valence-corrected chi connectivity index (χ2v) is 5.25. The number of ether oxygens (including phenoxy) is 1. The summed E-state index contributed by atoms with van der Waals surface area (Å²) in [5.74, 6) is 0.903. The highest BCUT2D eigenvalue weighted by Gasteiger charge is 2.23. The van der Waals surface area contributed by atoms with Gasteiger partial charge < -0.3 is 15.0 Å². The molecule has 0 heterocycles. The number of nitrogens with zero attached hydrogens (tertiary/aromatic N) is 1. The highest BCUT2D eigenvalue weighted by atomic mass is 16.5. The minimum atomic E-state index is 0.295. The Morgan fingerprint density at radius 2 is 1.89 bits per heavy atom. The molecular weight excluding hydrogens is 224 g/mol. The molecular formula is C15H26N2O. The fourth-order valence-electron chi connectivity index (χ4n) is 2.22. The van der Waals surface area contributed by atoms with E-state index in [1.165, 1.54) is 5.69 Å². The lowest BCUT2D eigenvalue weighted by atomic mass is 9.87. The van der Waals surface area contributed by atoms with Crippen molar-refractivity contribution in [3.8, 4) is 5.75 Å². The summed E-state index contributed by atoms with van der Waals surface area (Å²) in [7, 11) is 5.85. The zero-order valence-electron chi connectivity index (χ0n) is 12.3. The first-order valence-corrected chi connectivity index (χ1v) is 6.54. The van der Waals surface area contributed by atoms with E-state index in [2.05, 4.69) is 43.2 Å². The molecule has 18 heavy (non-hydrogen) atoms. The Morgan fingerprint density at radius 3 is 2.33 bits per heavy atom. The molecule has 102 valence electrons. The van der Waals surface area contributed by atoms with Crippen molar-refractivity contribution in [2.45, 2.75) is 20.3 Å². The van der Waals surface area contributed by atoms with Gasteiger partial charge in [0.1, 0.15) is 5.75 Å². The summed E-state index contributed by atoms with van der Waals surface area (Å²) >= 11 is 0. The van der Waals surface area contributed by atoms with E-state index in [1.807, 2.05) is 19.2 Å². The number of hydrogen-bond acceptors (Lipinski definition) is 3. The van der Waals surface area contributed by atoms with Gasteiger partial charge in [0, 0.05) is 25.8 Å². The highest BCUT2D eigenvalue weighted by molar-refractivity contribution is 5.48. The molecule has 1 aromatic rings. The molecule has 3 heteroatoms. The number of nitrogens with one attached hydrogen (secondary N) is 1. The summed E-state index contributed by atoms with van der Waals surface area (Å²) in [6.45, 7) is 6.64. The van der Waals surface area contributed by atoms with E-state index in [0.717, 1.165) is 25.3 Å². The molecule has 3 nitrogen and oxygen atoms in total. The summed E-state index contributed by atoms with van der Waals surface area (Å²) in [5.41, 5.74) is 1.52.